The number of nitrogens with one attached hydrogen (secondary N) is 1. The number of oxazole rings is 1. The predicted molar refractivity (Wildman–Crippen MR) is 124 cm³/mol. The summed E-state index contributed by atoms with van der Waals surface area (Å²) in [7, 11) is 0. The summed E-state index contributed by atoms with van der Waals surface area (Å²) in [6.45, 7) is 0. The van der Waals surface area contributed by atoms with Gasteiger partial charge in [-0.3, -0.25) is 4.79 Å². The van der Waals surface area contributed by atoms with E-state index in [0.29, 0.717) is 33.3 Å². The molecule has 6 heteroatoms. The topological polar surface area (TPSA) is 55.1 Å². The first-order valence-electron chi connectivity index (χ1n) is 9.24. The molecule has 0 fully saturated rings. The Balaban J connectivity index is 1.52. The second-order valence-electron chi connectivity index (χ2n) is 6.78. The van der Waals surface area contributed by atoms with Crippen molar-refractivity contribution in [3.8, 4) is 11.5 Å². The summed E-state index contributed by atoms with van der Waals surface area (Å²) in [5.74, 6) is 0.307. The molecule has 1 N–H and O–H groups in total. The highest BCUT2D eigenvalue weighted by molar-refractivity contribution is 9.10. The van der Waals surface area contributed by atoms with Gasteiger partial charge in [0.05, 0.1) is 5.56 Å². The Hall–Kier alpha value is -3.15. The summed E-state index contributed by atoms with van der Waals surface area (Å²) in [6.07, 6.45) is 0. The number of carbonyl (C=O) groups excluding carboxylic acids is 1. The van der Waals surface area contributed by atoms with Gasteiger partial charge in [0.15, 0.2) is 5.58 Å². The van der Waals surface area contributed by atoms with Crippen molar-refractivity contribution in [3.63, 3.8) is 0 Å². The molecule has 0 aliphatic carbocycles. The molecule has 0 atom stereocenters. The maximum Gasteiger partial charge on any atom is 0.256 e. The molecule has 0 saturated heterocycles. The molecule has 0 spiro atoms. The second kappa shape index (κ2) is 7.59. The summed E-state index contributed by atoms with van der Waals surface area (Å²) in [5.41, 5.74) is 3.37. The van der Waals surface area contributed by atoms with Crippen molar-refractivity contribution >= 4 is 61.0 Å². The molecule has 1 amide bonds. The van der Waals surface area contributed by atoms with Gasteiger partial charge in [0.1, 0.15) is 5.52 Å². The third kappa shape index (κ3) is 3.36. The number of hydrogen-bond donors (Lipinski definition) is 1. The minimum atomic E-state index is -0.200. The zero-order valence-corrected chi connectivity index (χ0v) is 17.9. The van der Waals surface area contributed by atoms with Crippen molar-refractivity contribution in [1.82, 2.24) is 4.98 Å². The molecule has 4 nitrogen and oxygen atoms in total. The summed E-state index contributed by atoms with van der Waals surface area (Å²) in [6, 6.07) is 24.3. The number of carbonyl (C=O) groups is 1. The van der Waals surface area contributed by atoms with Gasteiger partial charge in [-0.2, -0.15) is 0 Å². The standard InChI is InChI=1S/C24H14BrClN2O2/c25-19-9-2-1-5-18(19)23(29)27-14-11-12-22-21(13-14)28-24(30-22)17-8-3-7-16-15(17)6-4-10-20(16)26/h1-13H,(H,27,29). The highest BCUT2D eigenvalue weighted by Gasteiger charge is 2.14. The van der Waals surface area contributed by atoms with Crippen molar-refractivity contribution in [2.24, 2.45) is 0 Å². The smallest absolute Gasteiger partial charge is 0.256 e. The van der Waals surface area contributed by atoms with Gasteiger partial charge in [0.2, 0.25) is 5.89 Å². The van der Waals surface area contributed by atoms with Crippen molar-refractivity contribution in [2.75, 3.05) is 5.32 Å². The molecule has 5 aromatic rings. The van der Waals surface area contributed by atoms with Gasteiger partial charge >= 0.3 is 0 Å². The predicted octanol–water partition coefficient (Wildman–Crippen LogP) is 7.32. The summed E-state index contributed by atoms with van der Waals surface area (Å²) < 4.78 is 6.73. The fourth-order valence-electron chi connectivity index (χ4n) is 3.42. The van der Waals surface area contributed by atoms with E-state index in [-0.39, 0.29) is 5.91 Å². The van der Waals surface area contributed by atoms with Crippen LogP contribution in [-0.2, 0) is 0 Å². The lowest BCUT2D eigenvalue weighted by Gasteiger charge is -2.06. The van der Waals surface area contributed by atoms with Gasteiger partial charge in [0.25, 0.3) is 5.91 Å². The molecule has 1 aromatic heterocycles. The third-order valence-electron chi connectivity index (χ3n) is 4.86. The van der Waals surface area contributed by atoms with Crippen LogP contribution in [0.1, 0.15) is 10.4 Å². The van der Waals surface area contributed by atoms with E-state index in [1.54, 1.807) is 24.3 Å². The van der Waals surface area contributed by atoms with Crippen molar-refractivity contribution in [2.45, 2.75) is 0 Å². The van der Waals surface area contributed by atoms with Crippen molar-refractivity contribution in [1.29, 1.82) is 0 Å². The lowest BCUT2D eigenvalue weighted by Crippen LogP contribution is -2.12. The zero-order chi connectivity index (χ0) is 20.7. The molecular formula is C24H14BrClN2O2. The Bertz CT molecular complexity index is 1430. The van der Waals surface area contributed by atoms with Crippen LogP contribution < -0.4 is 5.32 Å². The highest BCUT2D eigenvalue weighted by Crippen LogP contribution is 2.34. The van der Waals surface area contributed by atoms with Gasteiger partial charge in [-0.05, 0) is 63.8 Å². The van der Waals surface area contributed by atoms with Crippen LogP contribution in [0, 0.1) is 0 Å². The monoisotopic (exact) mass is 476 g/mol. The van der Waals surface area contributed by atoms with E-state index in [2.05, 4.69) is 26.2 Å². The fraction of sp³-hybridized carbons (Fsp3) is 0. The number of amides is 1. The van der Waals surface area contributed by atoms with Crippen LogP contribution in [0.15, 0.2) is 87.8 Å². The number of rotatable bonds is 3. The highest BCUT2D eigenvalue weighted by atomic mass is 79.9. The Morgan fingerprint density at radius 1 is 0.933 bits per heavy atom. The maximum atomic E-state index is 12.6. The first kappa shape index (κ1) is 18.9. The molecule has 0 bridgehead atoms. The van der Waals surface area contributed by atoms with Crippen LogP contribution in [0.5, 0.6) is 0 Å². The number of anilines is 1. The zero-order valence-electron chi connectivity index (χ0n) is 15.5. The number of fused-ring (bicyclic) bond motifs is 2. The van der Waals surface area contributed by atoms with Crippen LogP contribution in [0.3, 0.4) is 0 Å². The average molecular weight is 478 g/mol. The normalized spacial score (nSPS) is 11.1. The largest absolute Gasteiger partial charge is 0.436 e. The minimum Gasteiger partial charge on any atom is -0.436 e. The second-order valence-corrected chi connectivity index (χ2v) is 8.04. The summed E-state index contributed by atoms with van der Waals surface area (Å²) >= 11 is 9.74. The molecule has 146 valence electrons. The lowest BCUT2D eigenvalue weighted by atomic mass is 10.0. The third-order valence-corrected chi connectivity index (χ3v) is 5.88. The molecule has 5 rings (SSSR count). The van der Waals surface area contributed by atoms with E-state index in [1.807, 2.05) is 54.6 Å². The lowest BCUT2D eigenvalue weighted by molar-refractivity contribution is 0.102. The Labute approximate surface area is 185 Å². The van der Waals surface area contributed by atoms with Gasteiger partial charge in [-0.1, -0.05) is 48.0 Å². The number of halogens is 2. The Morgan fingerprint density at radius 3 is 2.60 bits per heavy atom. The van der Waals surface area contributed by atoms with E-state index in [0.717, 1.165) is 20.8 Å². The number of benzene rings is 4. The first-order chi connectivity index (χ1) is 14.6. The Kier molecular flexibility index (Phi) is 4.77. The minimum absolute atomic E-state index is 0.200. The van der Waals surface area contributed by atoms with Crippen LogP contribution >= 0.6 is 27.5 Å². The van der Waals surface area contributed by atoms with Crippen molar-refractivity contribution < 1.29 is 9.21 Å². The SMILES string of the molecule is O=C(Nc1ccc2oc(-c3cccc4c(Cl)cccc34)nc2c1)c1ccccc1Br. The van der Waals surface area contributed by atoms with Crippen LogP contribution in [0.2, 0.25) is 5.02 Å². The van der Waals surface area contributed by atoms with E-state index >= 15 is 0 Å². The summed E-state index contributed by atoms with van der Waals surface area (Å²) in [4.78, 5) is 17.2. The number of aromatic nitrogens is 1. The molecule has 4 aromatic carbocycles. The van der Waals surface area contributed by atoms with Gasteiger partial charge in [-0.25, -0.2) is 4.98 Å². The average Bonchev–Trinajstić information content (AvgIpc) is 3.17. The van der Waals surface area contributed by atoms with Gasteiger partial charge in [0, 0.05) is 26.1 Å². The number of hydrogen-bond acceptors (Lipinski definition) is 3. The summed E-state index contributed by atoms with van der Waals surface area (Å²) in [5, 5.41) is 5.51. The van der Waals surface area contributed by atoms with Gasteiger partial charge in [-0.15, -0.1) is 0 Å². The van der Waals surface area contributed by atoms with Crippen molar-refractivity contribution in [3.05, 3.63) is 93.9 Å². The quantitative estimate of drug-likeness (QED) is 0.296. The molecule has 0 aliphatic rings. The maximum absolute atomic E-state index is 12.6. The molecule has 0 radical (unpaired) electrons. The van der Waals surface area contributed by atoms with E-state index in [9.17, 15) is 4.79 Å². The van der Waals surface area contributed by atoms with Crippen LogP contribution in [0.25, 0.3) is 33.3 Å². The van der Waals surface area contributed by atoms with E-state index in [4.69, 9.17) is 16.0 Å². The Morgan fingerprint density at radius 2 is 1.73 bits per heavy atom. The van der Waals surface area contributed by atoms with E-state index < -0.39 is 0 Å². The van der Waals surface area contributed by atoms with Crippen LogP contribution in [-0.4, -0.2) is 10.9 Å². The van der Waals surface area contributed by atoms with Gasteiger partial charge < -0.3 is 9.73 Å². The number of nitrogens with zero attached hydrogens (tertiary/aromatic N) is 1. The van der Waals surface area contributed by atoms with E-state index in [1.165, 1.54) is 0 Å². The molecule has 0 aliphatic heterocycles. The fourth-order valence-corrected chi connectivity index (χ4v) is 4.12. The molecule has 1 heterocycles. The molecule has 0 unspecified atom stereocenters. The van der Waals surface area contributed by atoms with Crippen LogP contribution in [0.4, 0.5) is 5.69 Å². The first-order valence-corrected chi connectivity index (χ1v) is 10.4. The molecule has 30 heavy (non-hydrogen) atoms. The molecule has 0 saturated carbocycles. The molecular weight excluding hydrogens is 464 g/mol.